The van der Waals surface area contributed by atoms with E-state index in [1.54, 1.807) is 11.2 Å². The summed E-state index contributed by atoms with van der Waals surface area (Å²) in [6.07, 6.45) is 3.87. The summed E-state index contributed by atoms with van der Waals surface area (Å²) in [6, 6.07) is 6.04. The van der Waals surface area contributed by atoms with E-state index in [1.807, 2.05) is 36.7 Å². The molecule has 0 aliphatic carbocycles. The predicted octanol–water partition coefficient (Wildman–Crippen LogP) is 2.49. The number of fused-ring (bicyclic) bond motifs is 1. The second-order valence-corrected chi connectivity index (χ2v) is 7.80. The van der Waals surface area contributed by atoms with Gasteiger partial charge in [-0.1, -0.05) is 17.4 Å². The fraction of sp³-hybridized carbons (Fsp3) is 0.368. The van der Waals surface area contributed by atoms with Gasteiger partial charge < -0.3 is 9.88 Å². The van der Waals surface area contributed by atoms with Gasteiger partial charge in [-0.2, -0.15) is 0 Å². The van der Waals surface area contributed by atoms with Crippen LogP contribution in [0.4, 0.5) is 5.13 Å². The monoisotopic (exact) mass is 383 g/mol. The molecule has 0 saturated carbocycles. The van der Waals surface area contributed by atoms with E-state index >= 15 is 0 Å². The van der Waals surface area contributed by atoms with Gasteiger partial charge in [0, 0.05) is 25.7 Å². The third-order valence-corrected chi connectivity index (χ3v) is 5.80. The molecule has 0 bridgehead atoms. The molecule has 8 heteroatoms. The zero-order chi connectivity index (χ0) is 19.0. The zero-order valence-electron chi connectivity index (χ0n) is 15.3. The van der Waals surface area contributed by atoms with Gasteiger partial charge in [-0.05, 0) is 31.5 Å². The Labute approximate surface area is 161 Å². The number of nitrogens with one attached hydrogen (secondary N) is 1. The first-order chi connectivity index (χ1) is 13.0. The van der Waals surface area contributed by atoms with Gasteiger partial charge in [-0.3, -0.25) is 14.5 Å². The fourth-order valence-corrected chi connectivity index (χ4v) is 4.29. The number of imidazole rings is 1. The molecule has 2 amide bonds. The van der Waals surface area contributed by atoms with Gasteiger partial charge in [0.05, 0.1) is 34.7 Å². The minimum Gasteiger partial charge on any atom is -0.350 e. The first-order valence-corrected chi connectivity index (χ1v) is 9.81. The van der Waals surface area contributed by atoms with Crippen molar-refractivity contribution in [1.29, 1.82) is 0 Å². The summed E-state index contributed by atoms with van der Waals surface area (Å²) in [5.74, 6) is -0.533. The number of carbonyl (C=O) groups excluding carboxylic acids is 2. The molecule has 1 saturated heterocycles. The summed E-state index contributed by atoms with van der Waals surface area (Å²) in [6.45, 7) is 5.65. The van der Waals surface area contributed by atoms with Crippen molar-refractivity contribution in [2.75, 3.05) is 11.4 Å². The van der Waals surface area contributed by atoms with Crippen molar-refractivity contribution < 1.29 is 9.59 Å². The van der Waals surface area contributed by atoms with E-state index in [0.29, 0.717) is 18.2 Å². The molecule has 3 heterocycles. The number of amides is 2. The molecule has 1 aliphatic rings. The summed E-state index contributed by atoms with van der Waals surface area (Å²) < 4.78 is 3.01. The first kappa shape index (κ1) is 17.7. The molecule has 2 aromatic heterocycles. The molecule has 1 atom stereocenters. The molecular weight excluding hydrogens is 362 g/mol. The predicted molar refractivity (Wildman–Crippen MR) is 105 cm³/mol. The zero-order valence-corrected chi connectivity index (χ0v) is 16.1. The van der Waals surface area contributed by atoms with Crippen LogP contribution >= 0.6 is 11.3 Å². The molecule has 140 valence electrons. The van der Waals surface area contributed by atoms with E-state index in [2.05, 4.69) is 21.4 Å². The van der Waals surface area contributed by atoms with Gasteiger partial charge in [-0.25, -0.2) is 9.97 Å². The number of carbonyl (C=O) groups is 2. The van der Waals surface area contributed by atoms with Crippen LogP contribution in [0.25, 0.3) is 10.2 Å². The number of hydrogen-bond acceptors (Lipinski definition) is 5. The normalized spacial score (nSPS) is 17.0. The Kier molecular flexibility index (Phi) is 4.65. The molecule has 7 nitrogen and oxygen atoms in total. The van der Waals surface area contributed by atoms with Crippen molar-refractivity contribution in [2.45, 2.75) is 33.4 Å². The van der Waals surface area contributed by atoms with E-state index in [4.69, 9.17) is 0 Å². The highest BCUT2D eigenvalue weighted by atomic mass is 32.1. The summed E-state index contributed by atoms with van der Waals surface area (Å²) in [5.41, 5.74) is 2.86. The molecule has 1 fully saturated rings. The average Bonchev–Trinajstić information content (AvgIpc) is 3.36. The van der Waals surface area contributed by atoms with Crippen LogP contribution in [0.5, 0.6) is 0 Å². The van der Waals surface area contributed by atoms with Crippen molar-refractivity contribution in [3.05, 3.63) is 42.0 Å². The number of thiazole rings is 1. The number of hydrogen-bond donors (Lipinski definition) is 1. The fourth-order valence-electron chi connectivity index (χ4n) is 3.20. The number of nitrogens with zero attached hydrogens (tertiary/aromatic N) is 4. The molecule has 1 N–H and O–H groups in total. The minimum atomic E-state index is -0.362. The van der Waals surface area contributed by atoms with Crippen LogP contribution in [-0.2, 0) is 22.7 Å². The highest BCUT2D eigenvalue weighted by Gasteiger charge is 2.36. The SMILES string of the molecule is CCn1cnc(CNC(=O)C2CC(=O)N(c3nc4ccc(C)cc4s3)C2)c1. The van der Waals surface area contributed by atoms with Crippen LogP contribution in [-0.4, -0.2) is 32.9 Å². The topological polar surface area (TPSA) is 80.1 Å². The molecule has 0 spiro atoms. The molecule has 1 aliphatic heterocycles. The van der Waals surface area contributed by atoms with E-state index < -0.39 is 0 Å². The largest absolute Gasteiger partial charge is 0.350 e. The lowest BCUT2D eigenvalue weighted by Crippen LogP contribution is -2.32. The van der Waals surface area contributed by atoms with Gasteiger partial charge in [-0.15, -0.1) is 0 Å². The van der Waals surface area contributed by atoms with Gasteiger partial charge in [0.2, 0.25) is 11.8 Å². The van der Waals surface area contributed by atoms with Gasteiger partial charge in [0.1, 0.15) is 0 Å². The quantitative estimate of drug-likeness (QED) is 0.734. The van der Waals surface area contributed by atoms with Crippen LogP contribution in [0.3, 0.4) is 0 Å². The molecular formula is C19H21N5O2S. The number of aryl methyl sites for hydroxylation is 2. The second kappa shape index (κ2) is 7.11. The Morgan fingerprint density at radius 2 is 2.26 bits per heavy atom. The van der Waals surface area contributed by atoms with Gasteiger partial charge >= 0.3 is 0 Å². The second-order valence-electron chi connectivity index (χ2n) is 6.79. The molecule has 1 aromatic carbocycles. The molecule has 1 unspecified atom stereocenters. The average molecular weight is 383 g/mol. The Morgan fingerprint density at radius 3 is 3.04 bits per heavy atom. The number of anilines is 1. The van der Waals surface area contributed by atoms with E-state index in [1.165, 1.54) is 11.3 Å². The van der Waals surface area contributed by atoms with Crippen LogP contribution < -0.4 is 10.2 Å². The van der Waals surface area contributed by atoms with Gasteiger partial charge in [0.15, 0.2) is 5.13 Å². The van der Waals surface area contributed by atoms with E-state index in [-0.39, 0.29) is 24.2 Å². The lowest BCUT2D eigenvalue weighted by atomic mass is 10.1. The maximum atomic E-state index is 12.5. The maximum Gasteiger partial charge on any atom is 0.229 e. The molecule has 0 radical (unpaired) electrons. The highest BCUT2D eigenvalue weighted by Crippen LogP contribution is 2.33. The van der Waals surface area contributed by atoms with Crippen LogP contribution in [0, 0.1) is 12.8 Å². The standard InChI is InChI=1S/C19H21N5O2S/c1-3-23-10-14(21-11-23)8-20-18(26)13-7-17(25)24(9-13)19-22-15-5-4-12(2)6-16(15)27-19/h4-6,10-11,13H,3,7-9H2,1-2H3,(H,20,26). The van der Waals surface area contributed by atoms with Crippen LogP contribution in [0.2, 0.25) is 0 Å². The van der Waals surface area contributed by atoms with Crippen molar-refractivity contribution >= 4 is 38.5 Å². The van der Waals surface area contributed by atoms with Gasteiger partial charge in [0.25, 0.3) is 0 Å². The molecule has 3 aromatic rings. The summed E-state index contributed by atoms with van der Waals surface area (Å²) in [4.78, 5) is 35.4. The van der Waals surface area contributed by atoms with E-state index in [0.717, 1.165) is 28.0 Å². The number of benzene rings is 1. The highest BCUT2D eigenvalue weighted by molar-refractivity contribution is 7.22. The summed E-state index contributed by atoms with van der Waals surface area (Å²) >= 11 is 1.49. The van der Waals surface area contributed by atoms with Crippen molar-refractivity contribution in [1.82, 2.24) is 19.9 Å². The smallest absolute Gasteiger partial charge is 0.229 e. The van der Waals surface area contributed by atoms with E-state index in [9.17, 15) is 9.59 Å². The maximum absolute atomic E-state index is 12.5. The molecule has 27 heavy (non-hydrogen) atoms. The van der Waals surface area contributed by atoms with Crippen molar-refractivity contribution in [2.24, 2.45) is 5.92 Å². The van der Waals surface area contributed by atoms with Crippen LogP contribution in [0.1, 0.15) is 24.6 Å². The molecule has 4 rings (SSSR count). The summed E-state index contributed by atoms with van der Waals surface area (Å²) in [7, 11) is 0. The lowest BCUT2D eigenvalue weighted by molar-refractivity contribution is -0.126. The lowest BCUT2D eigenvalue weighted by Gasteiger charge is -2.12. The minimum absolute atomic E-state index is 0.0545. The Balaban J connectivity index is 1.42. The number of aromatic nitrogens is 3. The Morgan fingerprint density at radius 1 is 1.41 bits per heavy atom. The Hall–Kier alpha value is -2.74. The third kappa shape index (κ3) is 3.57. The third-order valence-electron chi connectivity index (χ3n) is 4.75. The van der Waals surface area contributed by atoms with Crippen molar-refractivity contribution in [3.63, 3.8) is 0 Å². The Bertz CT molecular complexity index is 1010. The van der Waals surface area contributed by atoms with Crippen LogP contribution in [0.15, 0.2) is 30.7 Å². The number of rotatable bonds is 5. The summed E-state index contributed by atoms with van der Waals surface area (Å²) in [5, 5.41) is 3.56. The van der Waals surface area contributed by atoms with Crippen molar-refractivity contribution in [3.8, 4) is 0 Å². The first-order valence-electron chi connectivity index (χ1n) is 8.99.